The van der Waals surface area contributed by atoms with E-state index in [0.29, 0.717) is 18.1 Å². The first kappa shape index (κ1) is 13.8. The second kappa shape index (κ2) is 6.02. The molecule has 104 valence electrons. The van der Waals surface area contributed by atoms with E-state index < -0.39 is 0 Å². The van der Waals surface area contributed by atoms with Crippen LogP contribution in [-0.2, 0) is 4.79 Å². The Morgan fingerprint density at radius 2 is 1.78 bits per heavy atom. The fourth-order valence-corrected chi connectivity index (χ4v) is 3.08. The van der Waals surface area contributed by atoms with Crippen molar-refractivity contribution < 1.29 is 4.79 Å². The summed E-state index contributed by atoms with van der Waals surface area (Å²) in [4.78, 5) is 12.3. The van der Waals surface area contributed by atoms with Gasteiger partial charge in [0, 0.05) is 24.7 Å². The summed E-state index contributed by atoms with van der Waals surface area (Å²) in [5, 5.41) is 5.56. The fraction of sp³-hybridized carbons (Fsp3) is 0.929. The van der Waals surface area contributed by atoms with E-state index in [0.717, 1.165) is 19.4 Å². The summed E-state index contributed by atoms with van der Waals surface area (Å²) in [5.41, 5.74) is 3.16. The lowest BCUT2D eigenvalue weighted by molar-refractivity contribution is -0.134. The lowest BCUT2D eigenvalue weighted by Crippen LogP contribution is -2.56. The predicted molar refractivity (Wildman–Crippen MR) is 72.9 cm³/mol. The van der Waals surface area contributed by atoms with Crippen molar-refractivity contribution in [3.63, 3.8) is 0 Å². The van der Waals surface area contributed by atoms with Crippen LogP contribution in [0.2, 0.25) is 0 Å². The number of hydrogen-bond donors (Lipinski definition) is 2. The van der Waals surface area contributed by atoms with Gasteiger partial charge in [0.05, 0.1) is 5.92 Å². The first-order valence-corrected chi connectivity index (χ1v) is 7.40. The molecule has 0 aromatic carbocycles. The van der Waals surface area contributed by atoms with E-state index in [4.69, 9.17) is 0 Å². The number of amides is 1. The maximum absolute atomic E-state index is 12.3. The third-order valence-corrected chi connectivity index (χ3v) is 4.46. The molecule has 2 aliphatic rings. The van der Waals surface area contributed by atoms with Crippen LogP contribution < -0.4 is 10.7 Å². The highest BCUT2D eigenvalue weighted by Crippen LogP contribution is 2.21. The number of hydrazine groups is 1. The van der Waals surface area contributed by atoms with Crippen LogP contribution in [0.3, 0.4) is 0 Å². The zero-order valence-electron chi connectivity index (χ0n) is 11.9. The molecule has 2 N–H and O–H groups in total. The summed E-state index contributed by atoms with van der Waals surface area (Å²) in [7, 11) is 0. The molecule has 0 saturated carbocycles. The molecule has 4 heteroatoms. The summed E-state index contributed by atoms with van der Waals surface area (Å²) < 4.78 is 0. The van der Waals surface area contributed by atoms with Crippen molar-refractivity contribution in [2.24, 2.45) is 5.92 Å². The van der Waals surface area contributed by atoms with Gasteiger partial charge in [-0.2, -0.15) is 0 Å². The number of rotatable bonds is 2. The van der Waals surface area contributed by atoms with Crippen LogP contribution in [0.15, 0.2) is 0 Å². The number of hydrogen-bond acceptors (Lipinski definition) is 3. The highest BCUT2D eigenvalue weighted by molar-refractivity contribution is 5.78. The van der Waals surface area contributed by atoms with Crippen LogP contribution in [0.25, 0.3) is 0 Å². The van der Waals surface area contributed by atoms with Crippen LogP contribution in [0.4, 0.5) is 0 Å². The molecule has 18 heavy (non-hydrogen) atoms. The minimum absolute atomic E-state index is 0.141. The Hall–Kier alpha value is -0.610. The van der Waals surface area contributed by atoms with E-state index >= 15 is 0 Å². The van der Waals surface area contributed by atoms with Crippen molar-refractivity contribution in [2.45, 2.75) is 71.0 Å². The van der Waals surface area contributed by atoms with Gasteiger partial charge >= 0.3 is 0 Å². The molecule has 2 heterocycles. The van der Waals surface area contributed by atoms with Crippen LogP contribution in [0, 0.1) is 5.92 Å². The molecule has 1 amide bonds. The molecule has 0 bridgehead atoms. The van der Waals surface area contributed by atoms with Crippen LogP contribution in [-0.4, -0.2) is 35.6 Å². The normalized spacial score (nSPS) is 38.4. The molecule has 4 unspecified atom stereocenters. The smallest absolute Gasteiger partial charge is 0.238 e. The third kappa shape index (κ3) is 3.23. The molecule has 2 aliphatic heterocycles. The highest BCUT2D eigenvalue weighted by Gasteiger charge is 2.30. The molecular formula is C14H27N3O. The summed E-state index contributed by atoms with van der Waals surface area (Å²) in [6.07, 6.45) is 5.76. The van der Waals surface area contributed by atoms with Gasteiger partial charge in [-0.25, -0.2) is 5.01 Å². The van der Waals surface area contributed by atoms with Gasteiger partial charge in [0.15, 0.2) is 0 Å². The monoisotopic (exact) mass is 253 g/mol. The van der Waals surface area contributed by atoms with Gasteiger partial charge < -0.3 is 5.32 Å². The van der Waals surface area contributed by atoms with Crippen molar-refractivity contribution in [2.75, 3.05) is 6.54 Å². The van der Waals surface area contributed by atoms with E-state index in [9.17, 15) is 4.79 Å². The Morgan fingerprint density at radius 1 is 1.11 bits per heavy atom. The van der Waals surface area contributed by atoms with E-state index in [1.165, 1.54) is 19.3 Å². The Labute approximate surface area is 110 Å². The SMILES string of the molecule is CC1CCC(C(=O)NN2C(C)CCCC2C)CN1. The van der Waals surface area contributed by atoms with Crippen molar-refractivity contribution >= 4 is 5.91 Å². The van der Waals surface area contributed by atoms with Crippen LogP contribution in [0.1, 0.15) is 52.9 Å². The zero-order valence-corrected chi connectivity index (χ0v) is 11.9. The predicted octanol–water partition coefficient (Wildman–Crippen LogP) is 1.67. The van der Waals surface area contributed by atoms with Crippen molar-refractivity contribution in [3.8, 4) is 0 Å². The second-order valence-corrected chi connectivity index (χ2v) is 6.10. The van der Waals surface area contributed by atoms with Crippen LogP contribution in [0.5, 0.6) is 0 Å². The van der Waals surface area contributed by atoms with E-state index in [1.54, 1.807) is 0 Å². The number of nitrogens with one attached hydrogen (secondary N) is 2. The second-order valence-electron chi connectivity index (χ2n) is 6.10. The van der Waals surface area contributed by atoms with Crippen molar-refractivity contribution in [3.05, 3.63) is 0 Å². The average molecular weight is 253 g/mol. The molecule has 0 aromatic rings. The van der Waals surface area contributed by atoms with Crippen LogP contribution >= 0.6 is 0 Å². The number of carbonyl (C=O) groups is 1. The fourth-order valence-electron chi connectivity index (χ4n) is 3.08. The molecule has 2 rings (SSSR count). The van der Waals surface area contributed by atoms with Gasteiger partial charge in [0.25, 0.3) is 0 Å². The molecule has 0 spiro atoms. The number of nitrogens with zero attached hydrogens (tertiary/aromatic N) is 1. The Bertz CT molecular complexity index is 277. The van der Waals surface area contributed by atoms with Gasteiger partial charge in [-0.05, 0) is 46.5 Å². The standard InChI is InChI=1S/C14H27N3O/c1-10-7-8-13(9-15-10)14(18)16-17-11(2)5-4-6-12(17)3/h10-13,15H,4-9H2,1-3H3,(H,16,18). The molecule has 0 radical (unpaired) electrons. The van der Waals surface area contributed by atoms with Crippen molar-refractivity contribution in [1.82, 2.24) is 15.8 Å². The maximum atomic E-state index is 12.3. The molecule has 2 fully saturated rings. The molecule has 2 saturated heterocycles. The van der Waals surface area contributed by atoms with E-state index in [1.807, 2.05) is 0 Å². The summed E-state index contributed by atoms with van der Waals surface area (Å²) in [6.45, 7) is 7.42. The largest absolute Gasteiger partial charge is 0.313 e. The van der Waals surface area contributed by atoms with Gasteiger partial charge in [-0.1, -0.05) is 6.42 Å². The molecule has 0 aliphatic carbocycles. The highest BCUT2D eigenvalue weighted by atomic mass is 16.2. The first-order chi connectivity index (χ1) is 8.58. The minimum Gasteiger partial charge on any atom is -0.313 e. The Balaban J connectivity index is 1.86. The molecule has 4 atom stereocenters. The summed E-state index contributed by atoms with van der Waals surface area (Å²) in [5.74, 6) is 0.345. The minimum atomic E-state index is 0.141. The zero-order chi connectivity index (χ0) is 13.1. The lowest BCUT2D eigenvalue weighted by atomic mass is 9.94. The summed E-state index contributed by atoms with van der Waals surface area (Å²) in [6, 6.07) is 1.49. The molecule has 0 aromatic heterocycles. The topological polar surface area (TPSA) is 44.4 Å². The molecule has 4 nitrogen and oxygen atoms in total. The van der Waals surface area contributed by atoms with E-state index in [2.05, 4.69) is 36.5 Å². The Morgan fingerprint density at radius 3 is 2.33 bits per heavy atom. The van der Waals surface area contributed by atoms with Gasteiger partial charge in [-0.3, -0.25) is 10.2 Å². The first-order valence-electron chi connectivity index (χ1n) is 7.40. The average Bonchev–Trinajstić information content (AvgIpc) is 2.34. The van der Waals surface area contributed by atoms with Gasteiger partial charge in [-0.15, -0.1) is 0 Å². The summed E-state index contributed by atoms with van der Waals surface area (Å²) >= 11 is 0. The third-order valence-electron chi connectivity index (χ3n) is 4.46. The lowest BCUT2D eigenvalue weighted by Gasteiger charge is -2.40. The molecular weight excluding hydrogens is 226 g/mol. The maximum Gasteiger partial charge on any atom is 0.238 e. The van der Waals surface area contributed by atoms with Gasteiger partial charge in [0.1, 0.15) is 0 Å². The number of carbonyl (C=O) groups excluding carboxylic acids is 1. The Kier molecular flexibility index (Phi) is 4.62. The number of piperidine rings is 2. The van der Waals surface area contributed by atoms with E-state index in [-0.39, 0.29) is 11.8 Å². The van der Waals surface area contributed by atoms with Crippen molar-refractivity contribution in [1.29, 1.82) is 0 Å². The quantitative estimate of drug-likeness (QED) is 0.787. The van der Waals surface area contributed by atoms with Gasteiger partial charge in [0.2, 0.25) is 5.91 Å².